The molecule has 0 spiro atoms. The molecule has 3 nitrogen and oxygen atoms in total. The van der Waals surface area contributed by atoms with E-state index in [1.54, 1.807) is 6.33 Å². The van der Waals surface area contributed by atoms with E-state index in [0.717, 1.165) is 24.9 Å². The van der Waals surface area contributed by atoms with Gasteiger partial charge in [-0.2, -0.15) is 0 Å². The highest BCUT2D eigenvalue weighted by Gasteiger charge is 2.05. The molecule has 0 saturated carbocycles. The molecule has 102 valence electrons. The lowest BCUT2D eigenvalue weighted by Gasteiger charge is -2.08. The van der Waals surface area contributed by atoms with Crippen molar-refractivity contribution >= 4 is 10.9 Å². The number of hydrogen-bond acceptors (Lipinski definition) is 3. The molecule has 3 heteroatoms. The summed E-state index contributed by atoms with van der Waals surface area (Å²) >= 11 is 0. The number of fused-ring (bicyclic) bond motifs is 1. The molecule has 0 unspecified atom stereocenters. The first kappa shape index (κ1) is 13.9. The molecule has 0 aliphatic rings. The Balaban J connectivity index is 2.12. The van der Waals surface area contributed by atoms with Crippen molar-refractivity contribution in [2.45, 2.75) is 46.0 Å². The van der Waals surface area contributed by atoms with Crippen LogP contribution in [0.4, 0.5) is 0 Å². The van der Waals surface area contributed by atoms with E-state index in [-0.39, 0.29) is 0 Å². The molecule has 0 saturated heterocycles. The quantitative estimate of drug-likeness (QED) is 0.808. The Morgan fingerprint density at radius 3 is 2.47 bits per heavy atom. The van der Waals surface area contributed by atoms with E-state index in [4.69, 9.17) is 5.73 Å². The average Bonchev–Trinajstić information content (AvgIpc) is 2.40. The largest absolute Gasteiger partial charge is 0.330 e. The summed E-state index contributed by atoms with van der Waals surface area (Å²) in [6, 6.07) is 4.38. The van der Waals surface area contributed by atoms with Gasteiger partial charge >= 0.3 is 0 Å². The van der Waals surface area contributed by atoms with Crippen LogP contribution in [0, 0.1) is 13.8 Å². The molecular weight excluding hydrogens is 234 g/mol. The van der Waals surface area contributed by atoms with Crippen LogP contribution < -0.4 is 5.73 Å². The van der Waals surface area contributed by atoms with Crippen LogP contribution in [0.15, 0.2) is 18.5 Å². The van der Waals surface area contributed by atoms with Crippen LogP contribution in [0.1, 0.15) is 42.5 Å². The summed E-state index contributed by atoms with van der Waals surface area (Å²) in [5.41, 5.74) is 10.4. The standard InChI is InChI=1S/C16H23N3/c1-12-9-14-15(7-5-3-4-6-8-17)18-11-19-16(14)10-13(12)2/h9-11H,3-8,17H2,1-2H3. The fourth-order valence-electron chi connectivity index (χ4n) is 2.36. The third-order valence-corrected chi connectivity index (χ3v) is 3.70. The van der Waals surface area contributed by atoms with Gasteiger partial charge in [-0.15, -0.1) is 0 Å². The summed E-state index contributed by atoms with van der Waals surface area (Å²) in [6.07, 6.45) is 7.48. The maximum Gasteiger partial charge on any atom is 0.116 e. The monoisotopic (exact) mass is 257 g/mol. The molecule has 0 fully saturated rings. The van der Waals surface area contributed by atoms with Crippen molar-refractivity contribution in [3.05, 3.63) is 35.3 Å². The second kappa shape index (κ2) is 6.62. The van der Waals surface area contributed by atoms with Gasteiger partial charge in [-0.3, -0.25) is 0 Å². The van der Waals surface area contributed by atoms with E-state index in [9.17, 15) is 0 Å². The number of aryl methyl sites for hydroxylation is 3. The van der Waals surface area contributed by atoms with E-state index < -0.39 is 0 Å². The van der Waals surface area contributed by atoms with Gasteiger partial charge in [-0.1, -0.05) is 12.8 Å². The Kier molecular flexibility index (Phi) is 4.86. The smallest absolute Gasteiger partial charge is 0.116 e. The lowest BCUT2D eigenvalue weighted by Crippen LogP contribution is -1.99. The van der Waals surface area contributed by atoms with Gasteiger partial charge in [0.15, 0.2) is 0 Å². The van der Waals surface area contributed by atoms with Crippen LogP contribution >= 0.6 is 0 Å². The number of aromatic nitrogens is 2. The SMILES string of the molecule is Cc1cc2ncnc(CCCCCCN)c2cc1C. The van der Waals surface area contributed by atoms with E-state index in [1.165, 1.54) is 41.5 Å². The van der Waals surface area contributed by atoms with Crippen LogP contribution in [0.25, 0.3) is 10.9 Å². The van der Waals surface area contributed by atoms with Gasteiger partial charge in [-0.25, -0.2) is 9.97 Å². The zero-order valence-electron chi connectivity index (χ0n) is 11.9. The minimum absolute atomic E-state index is 0.801. The first-order valence-corrected chi connectivity index (χ1v) is 7.13. The maximum atomic E-state index is 5.51. The highest BCUT2D eigenvalue weighted by atomic mass is 14.8. The van der Waals surface area contributed by atoms with Gasteiger partial charge in [0.2, 0.25) is 0 Å². The molecular formula is C16H23N3. The number of nitrogens with zero attached hydrogens (tertiary/aromatic N) is 2. The number of rotatable bonds is 6. The summed E-state index contributed by atoms with van der Waals surface area (Å²) in [7, 11) is 0. The number of unbranched alkanes of at least 4 members (excludes halogenated alkanes) is 3. The van der Waals surface area contributed by atoms with Crippen molar-refractivity contribution in [1.29, 1.82) is 0 Å². The fraction of sp³-hybridized carbons (Fsp3) is 0.500. The molecule has 1 aromatic carbocycles. The van der Waals surface area contributed by atoms with Gasteiger partial charge in [0, 0.05) is 5.39 Å². The van der Waals surface area contributed by atoms with Crippen molar-refractivity contribution in [2.24, 2.45) is 5.73 Å². The molecule has 0 aliphatic carbocycles. The highest BCUT2D eigenvalue weighted by Crippen LogP contribution is 2.21. The topological polar surface area (TPSA) is 51.8 Å². The maximum absolute atomic E-state index is 5.51. The fourth-order valence-corrected chi connectivity index (χ4v) is 2.36. The molecule has 0 bridgehead atoms. The third kappa shape index (κ3) is 3.51. The predicted octanol–water partition coefficient (Wildman–Crippen LogP) is 3.31. The van der Waals surface area contributed by atoms with Gasteiger partial charge in [0.05, 0.1) is 11.2 Å². The molecule has 1 heterocycles. The average molecular weight is 257 g/mol. The normalized spacial score (nSPS) is 11.1. The minimum atomic E-state index is 0.801. The molecule has 0 radical (unpaired) electrons. The summed E-state index contributed by atoms with van der Waals surface area (Å²) in [5, 5.41) is 1.21. The van der Waals surface area contributed by atoms with E-state index in [0.29, 0.717) is 0 Å². The van der Waals surface area contributed by atoms with Crippen molar-refractivity contribution in [2.75, 3.05) is 6.54 Å². The summed E-state index contributed by atoms with van der Waals surface area (Å²) in [5.74, 6) is 0. The second-order valence-electron chi connectivity index (χ2n) is 5.23. The van der Waals surface area contributed by atoms with Gasteiger partial charge in [0.1, 0.15) is 6.33 Å². The second-order valence-corrected chi connectivity index (χ2v) is 5.23. The van der Waals surface area contributed by atoms with Gasteiger partial charge in [0.25, 0.3) is 0 Å². The zero-order chi connectivity index (χ0) is 13.7. The molecule has 2 rings (SSSR count). The van der Waals surface area contributed by atoms with Gasteiger partial charge < -0.3 is 5.73 Å². The molecule has 2 N–H and O–H groups in total. The van der Waals surface area contributed by atoms with Crippen molar-refractivity contribution < 1.29 is 0 Å². The lowest BCUT2D eigenvalue weighted by molar-refractivity contribution is 0.643. The Bertz CT molecular complexity index is 549. The Morgan fingerprint density at radius 2 is 1.68 bits per heavy atom. The minimum Gasteiger partial charge on any atom is -0.330 e. The molecule has 0 aliphatic heterocycles. The highest BCUT2D eigenvalue weighted by molar-refractivity contribution is 5.82. The molecule has 0 amide bonds. The van der Waals surface area contributed by atoms with Crippen LogP contribution in [-0.4, -0.2) is 16.5 Å². The van der Waals surface area contributed by atoms with Crippen LogP contribution in [-0.2, 0) is 6.42 Å². The van der Waals surface area contributed by atoms with Gasteiger partial charge in [-0.05, 0) is 62.9 Å². The van der Waals surface area contributed by atoms with Crippen molar-refractivity contribution in [3.63, 3.8) is 0 Å². The van der Waals surface area contributed by atoms with Crippen LogP contribution in [0.5, 0.6) is 0 Å². The lowest BCUT2D eigenvalue weighted by atomic mass is 10.0. The molecule has 2 aromatic rings. The van der Waals surface area contributed by atoms with Crippen LogP contribution in [0.2, 0.25) is 0 Å². The number of nitrogens with two attached hydrogens (primary N) is 1. The summed E-state index contributed by atoms with van der Waals surface area (Å²) < 4.78 is 0. The molecule has 19 heavy (non-hydrogen) atoms. The molecule has 1 aromatic heterocycles. The first-order chi connectivity index (χ1) is 9.22. The first-order valence-electron chi connectivity index (χ1n) is 7.13. The van der Waals surface area contributed by atoms with E-state index in [2.05, 4.69) is 35.9 Å². The van der Waals surface area contributed by atoms with Crippen molar-refractivity contribution in [1.82, 2.24) is 9.97 Å². The van der Waals surface area contributed by atoms with E-state index >= 15 is 0 Å². The Labute approximate surface area is 115 Å². The summed E-state index contributed by atoms with van der Waals surface area (Å²) in [6.45, 7) is 5.07. The summed E-state index contributed by atoms with van der Waals surface area (Å²) in [4.78, 5) is 8.83. The number of hydrogen-bond donors (Lipinski definition) is 1. The predicted molar refractivity (Wildman–Crippen MR) is 80.2 cm³/mol. The van der Waals surface area contributed by atoms with Crippen LogP contribution in [0.3, 0.4) is 0 Å². The Hall–Kier alpha value is -1.48. The Morgan fingerprint density at radius 1 is 0.947 bits per heavy atom. The zero-order valence-corrected chi connectivity index (χ0v) is 11.9. The third-order valence-electron chi connectivity index (χ3n) is 3.70. The van der Waals surface area contributed by atoms with Crippen molar-refractivity contribution in [3.8, 4) is 0 Å². The van der Waals surface area contributed by atoms with E-state index in [1.807, 2.05) is 0 Å². The molecule has 0 atom stereocenters. The number of benzene rings is 1.